The third-order valence-corrected chi connectivity index (χ3v) is 2.57. The normalized spacial score (nSPS) is 13.1. The van der Waals surface area contributed by atoms with E-state index in [-0.39, 0.29) is 12.6 Å². The average molecular weight is 209 g/mol. The molecule has 1 atom stereocenters. The highest BCUT2D eigenvalue weighted by molar-refractivity contribution is 5.38. The summed E-state index contributed by atoms with van der Waals surface area (Å²) in [6, 6.07) is 5.62. The molecule has 0 spiro atoms. The van der Waals surface area contributed by atoms with E-state index >= 15 is 0 Å². The topological polar surface area (TPSA) is 43.7 Å². The number of hydrogen-bond donors (Lipinski definition) is 2. The molecule has 0 radical (unpaired) electrons. The number of benzene rings is 1. The molecule has 0 heterocycles. The number of aryl methyl sites for hydroxylation is 1. The van der Waals surface area contributed by atoms with Crippen molar-refractivity contribution in [3.63, 3.8) is 0 Å². The fraction of sp³-hybridized carbons (Fsp3) is 0.500. The van der Waals surface area contributed by atoms with Gasteiger partial charge < -0.3 is 15.1 Å². The monoisotopic (exact) mass is 209 g/mol. The van der Waals surface area contributed by atoms with Crippen LogP contribution in [-0.4, -0.2) is 35.8 Å². The van der Waals surface area contributed by atoms with E-state index in [1.165, 1.54) is 0 Å². The lowest BCUT2D eigenvalue weighted by Crippen LogP contribution is -2.21. The molecule has 3 nitrogen and oxygen atoms in total. The number of aromatic hydroxyl groups is 1. The molecular formula is C12H19NO2. The van der Waals surface area contributed by atoms with Gasteiger partial charge in [-0.2, -0.15) is 0 Å². The summed E-state index contributed by atoms with van der Waals surface area (Å²) in [7, 11) is 3.89. The van der Waals surface area contributed by atoms with Gasteiger partial charge in [-0.05, 0) is 33.5 Å². The largest absolute Gasteiger partial charge is 0.508 e. The zero-order valence-electron chi connectivity index (χ0n) is 9.57. The lowest BCUT2D eigenvalue weighted by atomic mass is 10.00. The second-order valence-corrected chi connectivity index (χ2v) is 4.05. The number of aliphatic hydroxyl groups excluding tert-OH is 1. The number of aliphatic hydroxyl groups is 1. The zero-order chi connectivity index (χ0) is 11.4. The van der Waals surface area contributed by atoms with Gasteiger partial charge in [0, 0.05) is 18.2 Å². The minimum atomic E-state index is 0.0647. The van der Waals surface area contributed by atoms with Crippen LogP contribution in [0.15, 0.2) is 18.2 Å². The van der Waals surface area contributed by atoms with Crippen LogP contribution in [0.5, 0.6) is 5.75 Å². The van der Waals surface area contributed by atoms with Crippen molar-refractivity contribution in [1.82, 2.24) is 4.90 Å². The smallest absolute Gasteiger partial charge is 0.120 e. The molecule has 2 N–H and O–H groups in total. The van der Waals surface area contributed by atoms with E-state index in [9.17, 15) is 5.11 Å². The molecule has 0 amide bonds. The summed E-state index contributed by atoms with van der Waals surface area (Å²) in [5, 5.41) is 18.8. The Kier molecular flexibility index (Phi) is 4.12. The third kappa shape index (κ3) is 2.94. The average Bonchev–Trinajstić information content (AvgIpc) is 2.18. The first-order valence-corrected chi connectivity index (χ1v) is 5.13. The highest BCUT2D eigenvalue weighted by atomic mass is 16.3. The van der Waals surface area contributed by atoms with E-state index < -0.39 is 0 Å². The molecular weight excluding hydrogens is 190 g/mol. The van der Waals surface area contributed by atoms with Crippen molar-refractivity contribution in [1.29, 1.82) is 0 Å². The fourth-order valence-corrected chi connectivity index (χ4v) is 1.75. The van der Waals surface area contributed by atoms with Crippen LogP contribution in [0, 0.1) is 6.92 Å². The van der Waals surface area contributed by atoms with Crippen LogP contribution in [0.1, 0.15) is 23.6 Å². The van der Waals surface area contributed by atoms with Gasteiger partial charge in [0.1, 0.15) is 5.75 Å². The third-order valence-electron chi connectivity index (χ3n) is 2.57. The van der Waals surface area contributed by atoms with Crippen molar-refractivity contribution in [3.05, 3.63) is 29.3 Å². The molecule has 1 unspecified atom stereocenters. The summed E-state index contributed by atoms with van der Waals surface area (Å²) in [6.45, 7) is 2.12. The van der Waals surface area contributed by atoms with Gasteiger partial charge in [0.05, 0.1) is 0 Å². The van der Waals surface area contributed by atoms with E-state index in [1.54, 1.807) is 6.07 Å². The molecule has 84 valence electrons. The Labute approximate surface area is 91.0 Å². The van der Waals surface area contributed by atoms with E-state index in [0.717, 1.165) is 11.1 Å². The Balaban J connectivity index is 3.04. The first-order valence-electron chi connectivity index (χ1n) is 5.13. The standard InChI is InChI=1S/C12H19NO2/c1-9-4-5-12(15)10(8-9)11(6-7-14)13(2)3/h4-5,8,11,14-15H,6-7H2,1-3H3. The Hall–Kier alpha value is -1.06. The molecule has 1 rings (SSSR count). The van der Waals surface area contributed by atoms with E-state index in [4.69, 9.17) is 5.11 Å². The van der Waals surface area contributed by atoms with Crippen molar-refractivity contribution in [3.8, 4) is 5.75 Å². The van der Waals surface area contributed by atoms with Crippen LogP contribution in [0.4, 0.5) is 0 Å². The van der Waals surface area contributed by atoms with Crippen LogP contribution in [0.25, 0.3) is 0 Å². The van der Waals surface area contributed by atoms with Crippen LogP contribution in [-0.2, 0) is 0 Å². The summed E-state index contributed by atoms with van der Waals surface area (Å²) in [5.41, 5.74) is 2.00. The molecule has 1 aromatic rings. The predicted octanol–water partition coefficient (Wildman–Crippen LogP) is 1.69. The second kappa shape index (κ2) is 5.14. The van der Waals surface area contributed by atoms with Crippen molar-refractivity contribution in [2.24, 2.45) is 0 Å². The lowest BCUT2D eigenvalue weighted by molar-refractivity contribution is 0.208. The highest BCUT2D eigenvalue weighted by Crippen LogP contribution is 2.30. The van der Waals surface area contributed by atoms with Gasteiger partial charge in [-0.15, -0.1) is 0 Å². The molecule has 1 aromatic carbocycles. The molecule has 3 heteroatoms. The Morgan fingerprint density at radius 1 is 1.33 bits per heavy atom. The summed E-state index contributed by atoms with van der Waals surface area (Å²) >= 11 is 0. The number of rotatable bonds is 4. The SMILES string of the molecule is Cc1ccc(O)c(C(CCO)N(C)C)c1. The van der Waals surface area contributed by atoms with Crippen molar-refractivity contribution >= 4 is 0 Å². The van der Waals surface area contributed by atoms with E-state index in [1.807, 2.05) is 38.1 Å². The van der Waals surface area contributed by atoms with Crippen molar-refractivity contribution in [2.45, 2.75) is 19.4 Å². The first-order chi connectivity index (χ1) is 7.06. The zero-order valence-corrected chi connectivity index (χ0v) is 9.57. The molecule has 0 aromatic heterocycles. The van der Waals surface area contributed by atoms with Gasteiger partial charge in [0.2, 0.25) is 0 Å². The molecule has 0 aliphatic carbocycles. The molecule has 0 aliphatic rings. The highest BCUT2D eigenvalue weighted by Gasteiger charge is 2.16. The molecule has 15 heavy (non-hydrogen) atoms. The number of hydrogen-bond acceptors (Lipinski definition) is 3. The van der Waals surface area contributed by atoms with Gasteiger partial charge in [-0.3, -0.25) is 0 Å². The van der Waals surface area contributed by atoms with Gasteiger partial charge >= 0.3 is 0 Å². The Morgan fingerprint density at radius 2 is 2.00 bits per heavy atom. The maximum absolute atomic E-state index is 9.77. The maximum Gasteiger partial charge on any atom is 0.120 e. The number of phenols is 1. The summed E-state index contributed by atoms with van der Waals surface area (Å²) < 4.78 is 0. The van der Waals surface area contributed by atoms with Gasteiger partial charge in [0.15, 0.2) is 0 Å². The number of nitrogens with zero attached hydrogens (tertiary/aromatic N) is 1. The first kappa shape index (κ1) is 12.0. The predicted molar refractivity (Wildman–Crippen MR) is 61.0 cm³/mol. The van der Waals surface area contributed by atoms with Gasteiger partial charge in [0.25, 0.3) is 0 Å². The lowest BCUT2D eigenvalue weighted by Gasteiger charge is -2.25. The quantitative estimate of drug-likeness (QED) is 0.793. The van der Waals surface area contributed by atoms with Crippen LogP contribution in [0.2, 0.25) is 0 Å². The summed E-state index contributed by atoms with van der Waals surface area (Å²) in [4.78, 5) is 2.00. The minimum absolute atomic E-state index is 0.0647. The minimum Gasteiger partial charge on any atom is -0.508 e. The van der Waals surface area contributed by atoms with Crippen LogP contribution < -0.4 is 0 Å². The van der Waals surface area contributed by atoms with Crippen LogP contribution >= 0.6 is 0 Å². The molecule has 0 saturated heterocycles. The maximum atomic E-state index is 9.77. The van der Waals surface area contributed by atoms with E-state index in [0.29, 0.717) is 12.2 Å². The number of phenolic OH excluding ortho intramolecular Hbond substituents is 1. The Morgan fingerprint density at radius 3 is 2.53 bits per heavy atom. The Bertz CT molecular complexity index is 323. The summed E-state index contributed by atoms with van der Waals surface area (Å²) in [6.07, 6.45) is 0.629. The summed E-state index contributed by atoms with van der Waals surface area (Å²) in [5.74, 6) is 0.299. The molecule has 0 fully saturated rings. The molecule has 0 bridgehead atoms. The van der Waals surface area contributed by atoms with E-state index in [2.05, 4.69) is 0 Å². The van der Waals surface area contributed by atoms with Gasteiger partial charge in [-0.1, -0.05) is 17.7 Å². The van der Waals surface area contributed by atoms with Crippen molar-refractivity contribution in [2.75, 3.05) is 20.7 Å². The van der Waals surface area contributed by atoms with Crippen molar-refractivity contribution < 1.29 is 10.2 Å². The molecule has 0 saturated carbocycles. The fourth-order valence-electron chi connectivity index (χ4n) is 1.75. The molecule has 0 aliphatic heterocycles. The van der Waals surface area contributed by atoms with Crippen LogP contribution in [0.3, 0.4) is 0 Å². The van der Waals surface area contributed by atoms with Gasteiger partial charge in [-0.25, -0.2) is 0 Å². The second-order valence-electron chi connectivity index (χ2n) is 4.05.